The monoisotopic (exact) mass is 275 g/mol. The minimum absolute atomic E-state index is 0.154. The predicted octanol–water partition coefficient (Wildman–Crippen LogP) is 4.18. The van der Waals surface area contributed by atoms with Crippen LogP contribution in [-0.2, 0) is 13.1 Å². The third-order valence-electron chi connectivity index (χ3n) is 3.34. The molecular weight excluding hydrogens is 256 g/mol. The van der Waals surface area contributed by atoms with Crippen molar-refractivity contribution in [2.24, 2.45) is 0 Å². The Hall–Kier alpha value is -1.74. The molecule has 0 aromatic heterocycles. The molecule has 0 amide bonds. The van der Waals surface area contributed by atoms with Crippen molar-refractivity contribution in [3.63, 3.8) is 0 Å². The van der Waals surface area contributed by atoms with Crippen LogP contribution in [0.5, 0.6) is 0 Å². The van der Waals surface area contributed by atoms with Crippen LogP contribution in [0.3, 0.4) is 0 Å². The molecule has 0 aliphatic heterocycles. The van der Waals surface area contributed by atoms with Crippen molar-refractivity contribution in [1.82, 2.24) is 5.32 Å². The largest absolute Gasteiger partial charge is 0.309 e. The summed E-state index contributed by atoms with van der Waals surface area (Å²) in [6, 6.07) is 8.72. The van der Waals surface area contributed by atoms with E-state index >= 15 is 0 Å². The van der Waals surface area contributed by atoms with Crippen LogP contribution in [0.15, 0.2) is 30.3 Å². The number of hydrogen-bond donors (Lipinski definition) is 1. The second-order valence-electron chi connectivity index (χ2n) is 5.24. The van der Waals surface area contributed by atoms with Gasteiger partial charge in [0.05, 0.1) is 0 Å². The van der Waals surface area contributed by atoms with Gasteiger partial charge in [0.15, 0.2) is 0 Å². The molecule has 20 heavy (non-hydrogen) atoms. The zero-order valence-electron chi connectivity index (χ0n) is 12.1. The van der Waals surface area contributed by atoms with Crippen molar-refractivity contribution in [1.29, 1.82) is 0 Å². The van der Waals surface area contributed by atoms with Gasteiger partial charge in [-0.25, -0.2) is 8.78 Å². The summed E-state index contributed by atoms with van der Waals surface area (Å²) in [5, 5.41) is 3.20. The Morgan fingerprint density at radius 1 is 0.900 bits per heavy atom. The number of halogens is 2. The van der Waals surface area contributed by atoms with Gasteiger partial charge in [0, 0.05) is 18.7 Å². The predicted molar refractivity (Wildman–Crippen MR) is 77.6 cm³/mol. The summed E-state index contributed by atoms with van der Waals surface area (Å²) in [6.07, 6.45) is 0. The Labute approximate surface area is 118 Å². The quantitative estimate of drug-likeness (QED) is 0.882. The Morgan fingerprint density at radius 3 is 2.20 bits per heavy atom. The third kappa shape index (κ3) is 3.42. The molecule has 0 bridgehead atoms. The molecule has 0 spiro atoms. The maximum absolute atomic E-state index is 13.6. The average molecular weight is 275 g/mol. The lowest BCUT2D eigenvalue weighted by molar-refractivity contribution is 0.585. The standard InChI is InChI=1S/C17H19F2N/c1-11-4-5-16(18)15(6-11)10-20-9-14-7-12(2)17(19)13(3)8-14/h4-8,20H,9-10H2,1-3H3. The highest BCUT2D eigenvalue weighted by atomic mass is 19.1. The van der Waals surface area contributed by atoms with E-state index in [1.807, 2.05) is 25.1 Å². The smallest absolute Gasteiger partial charge is 0.129 e. The first-order valence-electron chi connectivity index (χ1n) is 6.68. The lowest BCUT2D eigenvalue weighted by atomic mass is 10.1. The molecule has 1 nitrogen and oxygen atoms in total. The van der Waals surface area contributed by atoms with Gasteiger partial charge in [-0.15, -0.1) is 0 Å². The molecule has 2 rings (SSSR count). The second kappa shape index (κ2) is 6.14. The zero-order valence-corrected chi connectivity index (χ0v) is 12.1. The second-order valence-corrected chi connectivity index (χ2v) is 5.24. The normalized spacial score (nSPS) is 10.8. The van der Waals surface area contributed by atoms with Gasteiger partial charge in [0.1, 0.15) is 11.6 Å². The highest BCUT2D eigenvalue weighted by Crippen LogP contribution is 2.15. The summed E-state index contributed by atoms with van der Waals surface area (Å²) in [6.45, 7) is 6.51. The molecule has 0 heterocycles. The van der Waals surface area contributed by atoms with Crippen LogP contribution in [0.2, 0.25) is 0 Å². The van der Waals surface area contributed by atoms with E-state index in [9.17, 15) is 8.78 Å². The fraction of sp³-hybridized carbons (Fsp3) is 0.294. The highest BCUT2D eigenvalue weighted by Gasteiger charge is 2.05. The first-order valence-corrected chi connectivity index (χ1v) is 6.68. The molecule has 0 atom stereocenters. The van der Waals surface area contributed by atoms with E-state index in [1.165, 1.54) is 6.07 Å². The molecule has 0 fully saturated rings. The first kappa shape index (κ1) is 14.7. The maximum atomic E-state index is 13.6. The number of benzene rings is 2. The van der Waals surface area contributed by atoms with E-state index in [1.54, 1.807) is 19.9 Å². The van der Waals surface area contributed by atoms with Crippen molar-refractivity contribution < 1.29 is 8.78 Å². The minimum atomic E-state index is -0.199. The number of rotatable bonds is 4. The van der Waals surface area contributed by atoms with Crippen molar-refractivity contribution in [2.75, 3.05) is 0 Å². The Morgan fingerprint density at radius 2 is 1.55 bits per heavy atom. The molecule has 0 saturated carbocycles. The van der Waals surface area contributed by atoms with Crippen molar-refractivity contribution >= 4 is 0 Å². The van der Waals surface area contributed by atoms with Crippen LogP contribution in [0.1, 0.15) is 27.8 Å². The minimum Gasteiger partial charge on any atom is -0.309 e. The van der Waals surface area contributed by atoms with Gasteiger partial charge >= 0.3 is 0 Å². The summed E-state index contributed by atoms with van der Waals surface area (Å²) in [5.74, 6) is -0.354. The van der Waals surface area contributed by atoms with Gasteiger partial charge in [0.25, 0.3) is 0 Å². The van der Waals surface area contributed by atoms with Crippen LogP contribution in [0.25, 0.3) is 0 Å². The number of nitrogens with one attached hydrogen (secondary N) is 1. The van der Waals surface area contributed by atoms with Gasteiger partial charge in [-0.05, 0) is 43.5 Å². The van der Waals surface area contributed by atoms with Crippen LogP contribution < -0.4 is 5.32 Å². The fourth-order valence-corrected chi connectivity index (χ4v) is 2.32. The molecule has 2 aromatic carbocycles. The highest BCUT2D eigenvalue weighted by molar-refractivity contribution is 5.30. The molecule has 0 saturated heterocycles. The van der Waals surface area contributed by atoms with Crippen molar-refractivity contribution in [3.05, 3.63) is 69.8 Å². The van der Waals surface area contributed by atoms with E-state index in [4.69, 9.17) is 0 Å². The molecule has 0 unspecified atom stereocenters. The summed E-state index contributed by atoms with van der Waals surface area (Å²) in [7, 11) is 0. The third-order valence-corrected chi connectivity index (χ3v) is 3.34. The van der Waals surface area contributed by atoms with Gasteiger partial charge in [-0.3, -0.25) is 0 Å². The molecule has 1 N–H and O–H groups in total. The zero-order chi connectivity index (χ0) is 14.7. The number of hydrogen-bond acceptors (Lipinski definition) is 1. The molecular formula is C17H19F2N. The van der Waals surface area contributed by atoms with Crippen molar-refractivity contribution in [3.8, 4) is 0 Å². The van der Waals surface area contributed by atoms with E-state index in [2.05, 4.69) is 5.32 Å². The van der Waals surface area contributed by atoms with E-state index in [-0.39, 0.29) is 11.6 Å². The van der Waals surface area contributed by atoms with Gasteiger partial charge in [-0.2, -0.15) is 0 Å². The van der Waals surface area contributed by atoms with Gasteiger partial charge in [0.2, 0.25) is 0 Å². The summed E-state index contributed by atoms with van der Waals surface area (Å²) in [5.41, 5.74) is 3.98. The Balaban J connectivity index is 2.01. The molecule has 2 aromatic rings. The van der Waals surface area contributed by atoms with Crippen LogP contribution in [0.4, 0.5) is 8.78 Å². The molecule has 3 heteroatoms. The molecule has 106 valence electrons. The van der Waals surface area contributed by atoms with E-state index in [0.717, 1.165) is 11.1 Å². The molecule has 0 aliphatic carbocycles. The lowest BCUT2D eigenvalue weighted by Crippen LogP contribution is -2.14. The molecule has 0 radical (unpaired) electrons. The summed E-state index contributed by atoms with van der Waals surface area (Å²) in [4.78, 5) is 0. The lowest BCUT2D eigenvalue weighted by Gasteiger charge is -2.09. The van der Waals surface area contributed by atoms with Gasteiger partial charge < -0.3 is 5.32 Å². The van der Waals surface area contributed by atoms with Gasteiger partial charge in [-0.1, -0.05) is 29.8 Å². The fourth-order valence-electron chi connectivity index (χ4n) is 2.32. The van der Waals surface area contributed by atoms with Crippen LogP contribution in [-0.4, -0.2) is 0 Å². The molecule has 0 aliphatic rings. The SMILES string of the molecule is Cc1ccc(F)c(CNCc2cc(C)c(F)c(C)c2)c1. The van der Waals surface area contributed by atoms with Crippen LogP contribution in [0, 0.1) is 32.4 Å². The van der Waals surface area contributed by atoms with E-state index < -0.39 is 0 Å². The van der Waals surface area contributed by atoms with Crippen molar-refractivity contribution in [2.45, 2.75) is 33.9 Å². The number of aryl methyl sites for hydroxylation is 3. The first-order chi connectivity index (χ1) is 9.47. The Kier molecular flexibility index (Phi) is 4.50. The summed E-state index contributed by atoms with van der Waals surface area (Å²) < 4.78 is 27.1. The van der Waals surface area contributed by atoms with E-state index in [0.29, 0.717) is 29.8 Å². The average Bonchev–Trinajstić information content (AvgIpc) is 2.40. The van der Waals surface area contributed by atoms with Crippen LogP contribution >= 0.6 is 0 Å². The Bertz CT molecular complexity index is 597. The summed E-state index contributed by atoms with van der Waals surface area (Å²) >= 11 is 0. The maximum Gasteiger partial charge on any atom is 0.129 e. The topological polar surface area (TPSA) is 12.0 Å².